The van der Waals surface area contributed by atoms with Crippen LogP contribution in [0.3, 0.4) is 0 Å². The number of nitrogens with zero attached hydrogens (tertiary/aromatic N) is 4. The molecule has 6 heteroatoms. The maximum Gasteiger partial charge on any atom is 0.192 e. The Hall–Kier alpha value is -2.52. The summed E-state index contributed by atoms with van der Waals surface area (Å²) in [7, 11) is 0. The molecule has 0 aliphatic heterocycles. The van der Waals surface area contributed by atoms with Gasteiger partial charge in [-0.3, -0.25) is 4.57 Å². The molecule has 2 aromatic heterocycles. The average molecular weight is 324 g/mol. The number of rotatable bonds is 6. The largest absolute Gasteiger partial charge is 0.467 e. The average Bonchev–Trinajstić information content (AvgIpc) is 3.21. The van der Waals surface area contributed by atoms with Crippen molar-refractivity contribution in [3.05, 3.63) is 65.9 Å². The molecular formula is C17H16N4OS. The van der Waals surface area contributed by atoms with E-state index in [1.165, 1.54) is 17.3 Å². The minimum absolute atomic E-state index is 0.181. The Morgan fingerprint density at radius 3 is 2.74 bits per heavy atom. The molecule has 5 nitrogen and oxygen atoms in total. The minimum Gasteiger partial charge on any atom is -0.467 e. The number of furan rings is 1. The zero-order valence-electron chi connectivity index (χ0n) is 12.7. The van der Waals surface area contributed by atoms with Crippen molar-refractivity contribution in [3.8, 4) is 6.07 Å². The number of hydrogen-bond acceptors (Lipinski definition) is 5. The molecule has 3 rings (SSSR count). The molecule has 0 N–H and O–H groups in total. The third kappa shape index (κ3) is 3.82. The SMILES string of the molecule is CC(C#N)Sc1nnc(Cc2ccccc2)n1Cc1ccco1. The molecule has 3 aromatic rings. The van der Waals surface area contributed by atoms with Crippen molar-refractivity contribution in [3.63, 3.8) is 0 Å². The Labute approximate surface area is 139 Å². The van der Waals surface area contributed by atoms with Crippen molar-refractivity contribution in [2.45, 2.75) is 30.3 Å². The quantitative estimate of drug-likeness (QED) is 0.649. The normalized spacial score (nSPS) is 12.0. The minimum atomic E-state index is -0.181. The molecule has 0 amide bonds. The molecule has 0 spiro atoms. The summed E-state index contributed by atoms with van der Waals surface area (Å²) in [6.07, 6.45) is 2.34. The van der Waals surface area contributed by atoms with Crippen LogP contribution in [0.4, 0.5) is 0 Å². The summed E-state index contributed by atoms with van der Waals surface area (Å²) in [6.45, 7) is 2.41. The van der Waals surface area contributed by atoms with E-state index in [9.17, 15) is 0 Å². The smallest absolute Gasteiger partial charge is 0.192 e. The first-order valence-corrected chi connectivity index (χ1v) is 8.19. The molecule has 1 aromatic carbocycles. The number of thioether (sulfide) groups is 1. The van der Waals surface area contributed by atoms with Gasteiger partial charge in [0.05, 0.1) is 24.1 Å². The van der Waals surface area contributed by atoms with E-state index < -0.39 is 0 Å². The zero-order chi connectivity index (χ0) is 16.1. The molecule has 0 aliphatic carbocycles. The standard InChI is InChI=1S/C17H16N4OS/c1-13(11-18)23-17-20-19-16(10-14-6-3-2-4-7-14)21(17)12-15-8-5-9-22-15/h2-9,13H,10,12H2,1H3. The van der Waals surface area contributed by atoms with Crippen LogP contribution in [-0.2, 0) is 13.0 Å². The second kappa shape index (κ2) is 7.16. The van der Waals surface area contributed by atoms with Gasteiger partial charge in [-0.15, -0.1) is 10.2 Å². The number of hydrogen-bond donors (Lipinski definition) is 0. The van der Waals surface area contributed by atoms with Gasteiger partial charge in [0.1, 0.15) is 11.6 Å². The lowest BCUT2D eigenvalue weighted by molar-refractivity contribution is 0.479. The van der Waals surface area contributed by atoms with Gasteiger partial charge in [-0.2, -0.15) is 5.26 Å². The fourth-order valence-corrected chi connectivity index (χ4v) is 2.97. The zero-order valence-corrected chi connectivity index (χ0v) is 13.5. The fraction of sp³-hybridized carbons (Fsp3) is 0.235. The van der Waals surface area contributed by atoms with Gasteiger partial charge in [0.25, 0.3) is 0 Å². The van der Waals surface area contributed by atoms with Crippen molar-refractivity contribution in [1.29, 1.82) is 5.26 Å². The molecule has 0 saturated heterocycles. The summed E-state index contributed by atoms with van der Waals surface area (Å²) in [5.41, 5.74) is 1.17. The Morgan fingerprint density at radius 2 is 2.04 bits per heavy atom. The summed E-state index contributed by atoms with van der Waals surface area (Å²) in [5, 5.41) is 18.2. The molecule has 116 valence electrons. The first-order chi connectivity index (χ1) is 11.3. The van der Waals surface area contributed by atoms with E-state index in [1.54, 1.807) is 6.26 Å². The van der Waals surface area contributed by atoms with Gasteiger partial charge in [-0.1, -0.05) is 42.1 Å². The molecule has 0 fully saturated rings. The maximum atomic E-state index is 9.04. The third-order valence-electron chi connectivity index (χ3n) is 3.36. The van der Waals surface area contributed by atoms with Crippen LogP contribution in [0.2, 0.25) is 0 Å². The Balaban J connectivity index is 1.90. The molecule has 0 saturated carbocycles. The first-order valence-electron chi connectivity index (χ1n) is 7.31. The van der Waals surface area contributed by atoms with Gasteiger partial charge in [0.15, 0.2) is 5.16 Å². The van der Waals surface area contributed by atoms with Gasteiger partial charge >= 0.3 is 0 Å². The summed E-state index contributed by atoms with van der Waals surface area (Å²) in [4.78, 5) is 0. The highest BCUT2D eigenvalue weighted by Crippen LogP contribution is 2.24. The van der Waals surface area contributed by atoms with Crippen LogP contribution in [-0.4, -0.2) is 20.0 Å². The number of aromatic nitrogens is 3. The van der Waals surface area contributed by atoms with Crippen LogP contribution in [0.25, 0.3) is 0 Å². The summed E-state index contributed by atoms with van der Waals surface area (Å²) < 4.78 is 7.47. The first kappa shape index (κ1) is 15.4. The van der Waals surface area contributed by atoms with Crippen LogP contribution < -0.4 is 0 Å². The topological polar surface area (TPSA) is 67.6 Å². The van der Waals surface area contributed by atoms with E-state index in [-0.39, 0.29) is 5.25 Å². The summed E-state index contributed by atoms with van der Waals surface area (Å²) in [6, 6.07) is 16.1. The van der Waals surface area contributed by atoms with Gasteiger partial charge in [-0.25, -0.2) is 0 Å². The predicted octanol–water partition coefficient (Wildman–Crippen LogP) is 3.51. The summed E-state index contributed by atoms with van der Waals surface area (Å²) in [5.74, 6) is 1.70. The van der Waals surface area contributed by atoms with Crippen molar-refractivity contribution < 1.29 is 4.42 Å². The lowest BCUT2D eigenvalue weighted by Crippen LogP contribution is -2.08. The second-order valence-electron chi connectivity index (χ2n) is 5.12. The Bertz CT molecular complexity index is 790. The predicted molar refractivity (Wildman–Crippen MR) is 88.0 cm³/mol. The molecule has 0 radical (unpaired) electrons. The van der Waals surface area contributed by atoms with E-state index in [2.05, 4.69) is 28.4 Å². The van der Waals surface area contributed by atoms with Crippen molar-refractivity contribution >= 4 is 11.8 Å². The van der Waals surface area contributed by atoms with E-state index in [0.717, 1.165) is 16.7 Å². The number of nitriles is 1. The lowest BCUT2D eigenvalue weighted by Gasteiger charge is -2.09. The van der Waals surface area contributed by atoms with Crippen LogP contribution in [0.15, 0.2) is 58.3 Å². The lowest BCUT2D eigenvalue weighted by atomic mass is 10.1. The molecule has 1 atom stereocenters. The maximum absolute atomic E-state index is 9.04. The monoisotopic (exact) mass is 324 g/mol. The molecule has 0 bridgehead atoms. The van der Waals surface area contributed by atoms with Crippen LogP contribution >= 0.6 is 11.8 Å². The third-order valence-corrected chi connectivity index (χ3v) is 4.33. The highest BCUT2D eigenvalue weighted by atomic mass is 32.2. The fourth-order valence-electron chi connectivity index (χ4n) is 2.22. The number of benzene rings is 1. The highest BCUT2D eigenvalue weighted by molar-refractivity contribution is 8.00. The summed E-state index contributed by atoms with van der Waals surface area (Å²) >= 11 is 1.41. The molecule has 23 heavy (non-hydrogen) atoms. The van der Waals surface area contributed by atoms with Crippen LogP contribution in [0, 0.1) is 11.3 Å². The Morgan fingerprint density at radius 1 is 1.22 bits per heavy atom. The molecule has 0 aliphatic rings. The van der Waals surface area contributed by atoms with Gasteiger partial charge in [0.2, 0.25) is 0 Å². The molecule has 2 heterocycles. The van der Waals surface area contributed by atoms with Crippen molar-refractivity contribution in [2.75, 3.05) is 0 Å². The van der Waals surface area contributed by atoms with E-state index in [1.807, 2.05) is 41.8 Å². The van der Waals surface area contributed by atoms with E-state index in [4.69, 9.17) is 9.68 Å². The van der Waals surface area contributed by atoms with Crippen LogP contribution in [0.5, 0.6) is 0 Å². The van der Waals surface area contributed by atoms with Gasteiger partial charge in [-0.05, 0) is 24.6 Å². The van der Waals surface area contributed by atoms with Crippen molar-refractivity contribution in [2.24, 2.45) is 0 Å². The van der Waals surface area contributed by atoms with E-state index in [0.29, 0.717) is 13.0 Å². The molecule has 1 unspecified atom stereocenters. The van der Waals surface area contributed by atoms with Crippen molar-refractivity contribution in [1.82, 2.24) is 14.8 Å². The van der Waals surface area contributed by atoms with Crippen LogP contribution in [0.1, 0.15) is 24.1 Å². The van der Waals surface area contributed by atoms with Gasteiger partial charge in [0, 0.05) is 6.42 Å². The second-order valence-corrected chi connectivity index (χ2v) is 6.42. The Kier molecular flexibility index (Phi) is 4.79. The molecular weight excluding hydrogens is 308 g/mol. The van der Waals surface area contributed by atoms with Gasteiger partial charge < -0.3 is 4.42 Å². The van der Waals surface area contributed by atoms with E-state index >= 15 is 0 Å². The highest BCUT2D eigenvalue weighted by Gasteiger charge is 2.16.